The van der Waals surface area contributed by atoms with Crippen LogP contribution in [0.25, 0.3) is 11.1 Å². The molecule has 0 aliphatic heterocycles. The van der Waals surface area contributed by atoms with Crippen molar-refractivity contribution in [3.8, 4) is 11.1 Å². The Morgan fingerprint density at radius 2 is 1.94 bits per heavy atom. The Morgan fingerprint density at radius 1 is 1.23 bits per heavy atom. The lowest BCUT2D eigenvalue weighted by molar-refractivity contribution is -0.117. The van der Waals surface area contributed by atoms with Crippen LogP contribution in [0.2, 0.25) is 0 Å². The van der Waals surface area contributed by atoms with Crippen molar-refractivity contribution in [2.75, 3.05) is 26.0 Å². The zero-order valence-corrected chi connectivity index (χ0v) is 19.4. The Hall–Kier alpha value is -2.97. The number of nitrogens with one attached hydrogen (secondary N) is 1. The molecule has 3 aromatic rings. The molecule has 2 aromatic heterocycles. The van der Waals surface area contributed by atoms with Gasteiger partial charge in [0.05, 0.1) is 19.9 Å². The molecule has 1 N–H and O–H groups in total. The minimum atomic E-state index is -0.463. The molecule has 0 fully saturated rings. The summed E-state index contributed by atoms with van der Waals surface area (Å²) in [7, 11) is 3.24. The average Bonchev–Trinajstić information content (AvgIpc) is 3.26. The number of likely N-dealkylation sites (N-methyl/N-ethyl adjacent to an activating group) is 1. The number of esters is 1. The molecule has 3 rings (SSSR count). The highest BCUT2D eigenvalue weighted by molar-refractivity contribution is 7.17. The fourth-order valence-electron chi connectivity index (χ4n) is 3.60. The van der Waals surface area contributed by atoms with Crippen LogP contribution >= 0.6 is 11.3 Å². The molecule has 1 amide bonds. The predicted octanol–water partition coefficient (Wildman–Crippen LogP) is 4.11. The van der Waals surface area contributed by atoms with Crippen LogP contribution in [-0.4, -0.2) is 47.3 Å². The van der Waals surface area contributed by atoms with E-state index in [4.69, 9.17) is 4.74 Å². The molecule has 1 aromatic carbocycles. The molecule has 2 heterocycles. The number of thiophene rings is 1. The van der Waals surface area contributed by atoms with Crippen molar-refractivity contribution in [3.05, 3.63) is 58.2 Å². The lowest BCUT2D eigenvalue weighted by atomic mass is 10.0. The monoisotopic (exact) mass is 440 g/mol. The fraction of sp³-hybridized carbons (Fsp3) is 0.348. The van der Waals surface area contributed by atoms with Gasteiger partial charge < -0.3 is 10.1 Å². The highest BCUT2D eigenvalue weighted by atomic mass is 32.1. The lowest BCUT2D eigenvalue weighted by Gasteiger charge is -2.16. The van der Waals surface area contributed by atoms with E-state index >= 15 is 0 Å². The first-order chi connectivity index (χ1) is 14.8. The maximum absolute atomic E-state index is 12.8. The van der Waals surface area contributed by atoms with E-state index < -0.39 is 5.97 Å². The summed E-state index contributed by atoms with van der Waals surface area (Å²) in [5.74, 6) is -0.650. The van der Waals surface area contributed by atoms with Crippen LogP contribution in [0.4, 0.5) is 5.00 Å². The lowest BCUT2D eigenvalue weighted by Crippen LogP contribution is -2.30. The molecule has 31 heavy (non-hydrogen) atoms. The first kappa shape index (κ1) is 22.7. The molecule has 7 nitrogen and oxygen atoms in total. The smallest absolute Gasteiger partial charge is 0.341 e. The van der Waals surface area contributed by atoms with Gasteiger partial charge in [-0.2, -0.15) is 5.10 Å². The van der Waals surface area contributed by atoms with E-state index in [1.54, 1.807) is 0 Å². The van der Waals surface area contributed by atoms with Crippen molar-refractivity contribution in [2.45, 2.75) is 33.9 Å². The van der Waals surface area contributed by atoms with Crippen molar-refractivity contribution in [2.24, 2.45) is 0 Å². The second-order valence-corrected chi connectivity index (χ2v) is 8.61. The van der Waals surface area contributed by atoms with Gasteiger partial charge in [0.25, 0.3) is 0 Å². The molecule has 0 saturated heterocycles. The molecule has 0 saturated carbocycles. The normalized spacial score (nSPS) is 11.0. The summed E-state index contributed by atoms with van der Waals surface area (Å²) >= 11 is 1.38. The maximum Gasteiger partial charge on any atom is 0.341 e. The number of aryl methyl sites for hydroxylation is 2. The minimum Gasteiger partial charge on any atom is -0.465 e. The Bertz CT molecular complexity index is 1070. The summed E-state index contributed by atoms with van der Waals surface area (Å²) in [6.07, 6.45) is 1.84. The van der Waals surface area contributed by atoms with Gasteiger partial charge in [0, 0.05) is 34.8 Å². The van der Waals surface area contributed by atoms with E-state index in [1.165, 1.54) is 18.4 Å². The molecule has 8 heteroatoms. The van der Waals surface area contributed by atoms with Gasteiger partial charge in [0.2, 0.25) is 5.91 Å². The molecule has 0 aliphatic carbocycles. The van der Waals surface area contributed by atoms with Crippen LogP contribution in [0.3, 0.4) is 0 Å². The summed E-state index contributed by atoms with van der Waals surface area (Å²) in [4.78, 5) is 28.2. The van der Waals surface area contributed by atoms with Crippen LogP contribution in [0.1, 0.15) is 33.4 Å². The van der Waals surface area contributed by atoms with Gasteiger partial charge in [-0.3, -0.25) is 14.4 Å². The second kappa shape index (κ2) is 9.89. The number of carbonyl (C=O) groups excluding carboxylic acids is 2. The van der Waals surface area contributed by atoms with Crippen molar-refractivity contribution in [3.63, 3.8) is 0 Å². The number of anilines is 1. The summed E-state index contributed by atoms with van der Waals surface area (Å²) in [6, 6.07) is 9.65. The third-order valence-electron chi connectivity index (χ3n) is 5.15. The van der Waals surface area contributed by atoms with Crippen LogP contribution in [-0.2, 0) is 22.6 Å². The fourth-order valence-corrected chi connectivity index (χ4v) is 4.68. The Labute approximate surface area is 186 Å². The number of nitrogens with zero attached hydrogens (tertiary/aromatic N) is 3. The number of aromatic nitrogens is 2. The first-order valence-corrected chi connectivity index (χ1v) is 10.9. The zero-order valence-electron chi connectivity index (χ0n) is 18.6. The van der Waals surface area contributed by atoms with E-state index in [9.17, 15) is 9.59 Å². The SMILES string of the molecule is CCn1ncc(CN(C)CC(=O)Nc2sc(C)c(-c3ccccc3)c2C(=O)OC)c1C. The summed E-state index contributed by atoms with van der Waals surface area (Å²) < 4.78 is 6.95. The first-order valence-electron chi connectivity index (χ1n) is 10.1. The molecular weight excluding hydrogens is 412 g/mol. The minimum absolute atomic E-state index is 0.186. The Morgan fingerprint density at radius 3 is 2.55 bits per heavy atom. The highest BCUT2D eigenvalue weighted by Crippen LogP contribution is 2.40. The second-order valence-electron chi connectivity index (χ2n) is 7.39. The Kier molecular flexibility index (Phi) is 7.25. The van der Waals surface area contributed by atoms with Crippen molar-refractivity contribution in [1.29, 1.82) is 0 Å². The van der Waals surface area contributed by atoms with E-state index in [0.717, 1.165) is 33.8 Å². The number of carbonyl (C=O) groups is 2. The van der Waals surface area contributed by atoms with E-state index in [0.29, 0.717) is 17.1 Å². The van der Waals surface area contributed by atoms with Gasteiger partial charge in [-0.05, 0) is 33.4 Å². The zero-order chi connectivity index (χ0) is 22.5. The molecule has 164 valence electrons. The third-order valence-corrected chi connectivity index (χ3v) is 6.17. The molecule has 0 radical (unpaired) electrons. The third kappa shape index (κ3) is 5.03. The maximum atomic E-state index is 12.8. The molecule has 0 atom stereocenters. The van der Waals surface area contributed by atoms with Gasteiger partial charge in [-0.15, -0.1) is 11.3 Å². The predicted molar refractivity (Wildman–Crippen MR) is 123 cm³/mol. The molecule has 0 unspecified atom stereocenters. The standard InChI is InChI=1S/C23H28N4O3S/c1-6-27-15(2)18(12-24-27)13-26(4)14-19(28)25-22-21(23(29)30-5)20(16(3)31-22)17-10-8-7-9-11-17/h7-12H,6,13-14H2,1-5H3,(H,25,28). The molecular formula is C23H28N4O3S. The van der Waals surface area contributed by atoms with Crippen molar-refractivity contribution in [1.82, 2.24) is 14.7 Å². The van der Waals surface area contributed by atoms with Gasteiger partial charge in [-0.1, -0.05) is 30.3 Å². The van der Waals surface area contributed by atoms with Crippen LogP contribution in [0.15, 0.2) is 36.5 Å². The van der Waals surface area contributed by atoms with Crippen molar-refractivity contribution < 1.29 is 14.3 Å². The van der Waals surface area contributed by atoms with Crippen LogP contribution in [0, 0.1) is 13.8 Å². The van der Waals surface area contributed by atoms with Crippen LogP contribution in [0.5, 0.6) is 0 Å². The molecule has 0 aliphatic rings. The topological polar surface area (TPSA) is 76.5 Å². The van der Waals surface area contributed by atoms with Crippen molar-refractivity contribution >= 4 is 28.2 Å². The van der Waals surface area contributed by atoms with E-state index in [2.05, 4.69) is 10.4 Å². The molecule has 0 bridgehead atoms. The van der Waals surface area contributed by atoms with E-state index in [1.807, 2.05) is 73.9 Å². The van der Waals surface area contributed by atoms with Crippen LogP contribution < -0.4 is 5.32 Å². The number of hydrogen-bond acceptors (Lipinski definition) is 6. The molecule has 0 spiro atoms. The number of rotatable bonds is 8. The summed E-state index contributed by atoms with van der Waals surface area (Å²) in [5, 5.41) is 7.79. The number of benzene rings is 1. The number of methoxy groups -OCH3 is 1. The summed E-state index contributed by atoms with van der Waals surface area (Å²) in [6.45, 7) is 7.63. The highest BCUT2D eigenvalue weighted by Gasteiger charge is 2.25. The Balaban J connectivity index is 1.77. The summed E-state index contributed by atoms with van der Waals surface area (Å²) in [5.41, 5.74) is 4.29. The quantitative estimate of drug-likeness (QED) is 0.534. The number of amides is 1. The van der Waals surface area contributed by atoms with Gasteiger partial charge in [-0.25, -0.2) is 4.79 Å². The number of ether oxygens (including phenoxy) is 1. The van der Waals surface area contributed by atoms with E-state index in [-0.39, 0.29) is 12.5 Å². The van der Waals surface area contributed by atoms with Gasteiger partial charge in [0.15, 0.2) is 0 Å². The number of hydrogen-bond donors (Lipinski definition) is 1. The van der Waals surface area contributed by atoms with Gasteiger partial charge in [0.1, 0.15) is 10.6 Å². The van der Waals surface area contributed by atoms with Gasteiger partial charge >= 0.3 is 5.97 Å². The largest absolute Gasteiger partial charge is 0.465 e. The average molecular weight is 441 g/mol.